The van der Waals surface area contributed by atoms with E-state index in [-0.39, 0.29) is 12.6 Å². The first-order valence-electron chi connectivity index (χ1n) is 6.91. The van der Waals surface area contributed by atoms with Gasteiger partial charge in [0.05, 0.1) is 11.9 Å². The maximum atomic E-state index is 12.3. The summed E-state index contributed by atoms with van der Waals surface area (Å²) < 4.78 is 29.1. The molecule has 0 aromatic rings. The Morgan fingerprint density at radius 1 is 1.47 bits per heavy atom. The lowest BCUT2D eigenvalue weighted by atomic mass is 9.95. The summed E-state index contributed by atoms with van der Waals surface area (Å²) >= 11 is 0. The van der Waals surface area contributed by atoms with Crippen molar-refractivity contribution < 1.29 is 17.9 Å². The predicted molar refractivity (Wildman–Crippen MR) is 74.7 cm³/mol. The molecule has 3 unspecified atom stereocenters. The van der Waals surface area contributed by atoms with Crippen molar-refractivity contribution in [2.45, 2.75) is 63.3 Å². The molecule has 0 spiro atoms. The molecule has 0 heterocycles. The summed E-state index contributed by atoms with van der Waals surface area (Å²) in [4.78, 5) is 12.3. The number of nitrogens with one attached hydrogen (secondary N) is 1. The summed E-state index contributed by atoms with van der Waals surface area (Å²) in [5.74, 6) is -0.428. The molecular weight excluding hydrogens is 266 g/mol. The molecule has 1 rings (SSSR count). The Hall–Kier alpha value is -0.620. The molecule has 0 saturated heterocycles. The molecule has 1 saturated carbocycles. The number of carbonyl (C=O) groups excluding carboxylic acids is 1. The van der Waals surface area contributed by atoms with Gasteiger partial charge in [-0.15, -0.1) is 0 Å². The highest BCUT2D eigenvalue weighted by Gasteiger charge is 2.54. The van der Waals surface area contributed by atoms with Crippen molar-refractivity contribution in [3.05, 3.63) is 0 Å². The highest BCUT2D eigenvalue weighted by atomic mass is 32.2. The second-order valence-electron chi connectivity index (χ2n) is 5.36. The van der Waals surface area contributed by atoms with E-state index in [0.717, 1.165) is 12.8 Å². The molecule has 19 heavy (non-hydrogen) atoms. The first-order valence-corrected chi connectivity index (χ1v) is 8.87. The minimum atomic E-state index is -3.29. The third-order valence-corrected chi connectivity index (χ3v) is 5.53. The SMILES string of the molecule is CCOC(=O)C1(NC(C)CC)CCCC1S(C)(=O)=O. The summed E-state index contributed by atoms with van der Waals surface area (Å²) in [5, 5.41) is 2.54. The first-order chi connectivity index (χ1) is 8.78. The molecule has 1 aliphatic carbocycles. The largest absolute Gasteiger partial charge is 0.465 e. The fourth-order valence-electron chi connectivity index (χ4n) is 2.81. The zero-order chi connectivity index (χ0) is 14.7. The standard InChI is InChI=1S/C13H25NO4S/c1-5-10(3)14-13(12(15)18-6-2)9-7-8-11(13)19(4,16)17/h10-11,14H,5-9H2,1-4H3. The second-order valence-corrected chi connectivity index (χ2v) is 7.58. The molecule has 3 atom stereocenters. The van der Waals surface area contributed by atoms with Gasteiger partial charge in [0.2, 0.25) is 0 Å². The Bertz CT molecular complexity index is 420. The van der Waals surface area contributed by atoms with Crippen molar-refractivity contribution in [3.8, 4) is 0 Å². The highest BCUT2D eigenvalue weighted by Crippen LogP contribution is 2.36. The smallest absolute Gasteiger partial charge is 0.327 e. The average molecular weight is 291 g/mol. The van der Waals surface area contributed by atoms with Gasteiger partial charge in [-0.3, -0.25) is 10.1 Å². The Morgan fingerprint density at radius 3 is 2.58 bits per heavy atom. The third kappa shape index (κ3) is 3.48. The number of carbonyl (C=O) groups is 1. The number of hydrogen-bond donors (Lipinski definition) is 1. The average Bonchev–Trinajstić information content (AvgIpc) is 2.74. The molecule has 1 fully saturated rings. The fraction of sp³-hybridized carbons (Fsp3) is 0.923. The van der Waals surface area contributed by atoms with Gasteiger partial charge in [-0.1, -0.05) is 6.92 Å². The van der Waals surface area contributed by atoms with Crippen LogP contribution >= 0.6 is 0 Å². The van der Waals surface area contributed by atoms with E-state index in [1.807, 2.05) is 13.8 Å². The lowest BCUT2D eigenvalue weighted by molar-refractivity contribution is -0.151. The van der Waals surface area contributed by atoms with Crippen LogP contribution in [0, 0.1) is 0 Å². The maximum Gasteiger partial charge on any atom is 0.327 e. The van der Waals surface area contributed by atoms with Crippen LogP contribution in [-0.2, 0) is 19.4 Å². The quantitative estimate of drug-likeness (QED) is 0.746. The molecule has 0 bridgehead atoms. The van der Waals surface area contributed by atoms with Gasteiger partial charge in [-0.2, -0.15) is 0 Å². The van der Waals surface area contributed by atoms with Gasteiger partial charge in [0.15, 0.2) is 9.84 Å². The van der Waals surface area contributed by atoms with Crippen LogP contribution in [0.4, 0.5) is 0 Å². The summed E-state index contributed by atoms with van der Waals surface area (Å²) in [6.45, 7) is 5.96. The van der Waals surface area contributed by atoms with Crippen LogP contribution in [0.3, 0.4) is 0 Å². The second kappa shape index (κ2) is 6.22. The predicted octanol–water partition coefficient (Wildman–Crippen LogP) is 1.27. The molecule has 0 radical (unpaired) electrons. The van der Waals surface area contributed by atoms with E-state index in [1.165, 1.54) is 6.26 Å². The van der Waals surface area contributed by atoms with Crippen molar-refractivity contribution in [2.24, 2.45) is 0 Å². The van der Waals surface area contributed by atoms with E-state index < -0.39 is 26.6 Å². The number of sulfone groups is 1. The number of esters is 1. The molecular formula is C13H25NO4S. The zero-order valence-corrected chi connectivity index (χ0v) is 13.0. The van der Waals surface area contributed by atoms with Crippen LogP contribution < -0.4 is 5.32 Å². The van der Waals surface area contributed by atoms with E-state index >= 15 is 0 Å². The number of rotatable bonds is 6. The van der Waals surface area contributed by atoms with Crippen LogP contribution in [0.1, 0.15) is 46.5 Å². The topological polar surface area (TPSA) is 72.5 Å². The van der Waals surface area contributed by atoms with Gasteiger partial charge in [0, 0.05) is 12.3 Å². The van der Waals surface area contributed by atoms with Crippen LogP contribution in [0.5, 0.6) is 0 Å². The summed E-state index contributed by atoms with van der Waals surface area (Å²) in [5.41, 5.74) is -1.07. The molecule has 6 heteroatoms. The number of ether oxygens (including phenoxy) is 1. The molecule has 0 aliphatic heterocycles. The van der Waals surface area contributed by atoms with E-state index in [9.17, 15) is 13.2 Å². The number of hydrogen-bond acceptors (Lipinski definition) is 5. The molecule has 1 N–H and O–H groups in total. The van der Waals surface area contributed by atoms with Crippen molar-refractivity contribution in [1.29, 1.82) is 0 Å². The fourth-order valence-corrected chi connectivity index (χ4v) is 4.42. The Labute approximate surface area is 116 Å². The van der Waals surface area contributed by atoms with Gasteiger partial charge in [0.25, 0.3) is 0 Å². The molecule has 0 aromatic heterocycles. The normalized spacial score (nSPS) is 29.2. The Balaban J connectivity index is 3.14. The minimum absolute atomic E-state index is 0.0757. The molecule has 112 valence electrons. The third-order valence-electron chi connectivity index (χ3n) is 3.86. The summed E-state index contributed by atoms with van der Waals surface area (Å²) in [6.07, 6.45) is 3.79. The summed E-state index contributed by atoms with van der Waals surface area (Å²) in [6, 6.07) is 0.0757. The van der Waals surface area contributed by atoms with Gasteiger partial charge in [0.1, 0.15) is 5.54 Å². The zero-order valence-electron chi connectivity index (χ0n) is 12.2. The van der Waals surface area contributed by atoms with Gasteiger partial charge < -0.3 is 4.74 Å². The van der Waals surface area contributed by atoms with Crippen molar-refractivity contribution in [3.63, 3.8) is 0 Å². The van der Waals surface area contributed by atoms with Gasteiger partial charge in [-0.05, 0) is 39.5 Å². The van der Waals surface area contributed by atoms with Crippen LogP contribution in [0.25, 0.3) is 0 Å². The van der Waals surface area contributed by atoms with Crippen molar-refractivity contribution >= 4 is 15.8 Å². The van der Waals surface area contributed by atoms with E-state index in [1.54, 1.807) is 6.92 Å². The van der Waals surface area contributed by atoms with E-state index in [4.69, 9.17) is 4.74 Å². The van der Waals surface area contributed by atoms with Gasteiger partial charge >= 0.3 is 5.97 Å². The molecule has 0 aromatic carbocycles. The molecule has 5 nitrogen and oxygen atoms in total. The first kappa shape index (κ1) is 16.4. The van der Waals surface area contributed by atoms with Crippen molar-refractivity contribution in [1.82, 2.24) is 5.32 Å². The highest BCUT2D eigenvalue weighted by molar-refractivity contribution is 7.91. The summed E-state index contributed by atoms with van der Waals surface area (Å²) in [7, 11) is -3.29. The van der Waals surface area contributed by atoms with E-state index in [2.05, 4.69) is 5.32 Å². The Morgan fingerprint density at radius 2 is 2.11 bits per heavy atom. The Kier molecular flexibility index (Phi) is 5.38. The lowest BCUT2D eigenvalue weighted by Crippen LogP contribution is -2.62. The molecule has 0 amide bonds. The van der Waals surface area contributed by atoms with Crippen molar-refractivity contribution in [2.75, 3.05) is 12.9 Å². The monoisotopic (exact) mass is 291 g/mol. The van der Waals surface area contributed by atoms with Crippen LogP contribution in [-0.4, -0.2) is 44.1 Å². The lowest BCUT2D eigenvalue weighted by Gasteiger charge is -2.35. The van der Waals surface area contributed by atoms with Crippen LogP contribution in [0.15, 0.2) is 0 Å². The van der Waals surface area contributed by atoms with E-state index in [0.29, 0.717) is 12.8 Å². The maximum absolute atomic E-state index is 12.3. The van der Waals surface area contributed by atoms with Crippen LogP contribution in [0.2, 0.25) is 0 Å². The molecule has 1 aliphatic rings. The minimum Gasteiger partial charge on any atom is -0.465 e. The van der Waals surface area contributed by atoms with Gasteiger partial charge in [-0.25, -0.2) is 8.42 Å².